The van der Waals surface area contributed by atoms with E-state index in [1.54, 1.807) is 0 Å². The van der Waals surface area contributed by atoms with Crippen molar-refractivity contribution in [1.29, 1.82) is 0 Å². The molecule has 3 rings (SSSR count). The summed E-state index contributed by atoms with van der Waals surface area (Å²) in [6.45, 7) is 3.04. The fourth-order valence-corrected chi connectivity index (χ4v) is 3.32. The first-order chi connectivity index (χ1) is 11.2. The average Bonchev–Trinajstić information content (AvgIpc) is 2.99. The molecule has 1 saturated heterocycles. The van der Waals surface area contributed by atoms with Gasteiger partial charge in [-0.25, -0.2) is 0 Å². The minimum absolute atomic E-state index is 0.299. The summed E-state index contributed by atoms with van der Waals surface area (Å²) in [5.41, 5.74) is 3.52. The van der Waals surface area contributed by atoms with E-state index in [9.17, 15) is 5.11 Å². The van der Waals surface area contributed by atoms with Crippen LogP contribution in [-0.2, 0) is 13.6 Å². The summed E-state index contributed by atoms with van der Waals surface area (Å²) in [6.07, 6.45) is 6.24. The van der Waals surface area contributed by atoms with Crippen LogP contribution < -0.4 is 10.2 Å². The second-order valence-electron chi connectivity index (χ2n) is 6.31. The number of aliphatic hydroxyl groups excluding tert-OH is 1. The van der Waals surface area contributed by atoms with Gasteiger partial charge < -0.3 is 19.9 Å². The Morgan fingerprint density at radius 1 is 1.26 bits per heavy atom. The molecule has 0 aliphatic carbocycles. The van der Waals surface area contributed by atoms with Crippen molar-refractivity contribution in [3.63, 3.8) is 0 Å². The summed E-state index contributed by atoms with van der Waals surface area (Å²) in [7, 11) is 2.03. The Hall–Kier alpha value is -1.65. The molecule has 0 atom stereocenters. The van der Waals surface area contributed by atoms with Crippen molar-refractivity contribution >= 4 is 23.0 Å². The van der Waals surface area contributed by atoms with Gasteiger partial charge in [-0.1, -0.05) is 11.6 Å². The van der Waals surface area contributed by atoms with Crippen LogP contribution >= 0.6 is 11.6 Å². The predicted octanol–water partition coefficient (Wildman–Crippen LogP) is 3.50. The Bertz CT molecular complexity index is 647. The van der Waals surface area contributed by atoms with Gasteiger partial charge in [0.25, 0.3) is 0 Å². The Balaban J connectivity index is 1.72. The monoisotopic (exact) mass is 333 g/mol. The van der Waals surface area contributed by atoms with Gasteiger partial charge in [-0.2, -0.15) is 0 Å². The van der Waals surface area contributed by atoms with E-state index in [1.807, 2.05) is 19.2 Å². The zero-order chi connectivity index (χ0) is 16.2. The maximum Gasteiger partial charge on any atom is 0.0603 e. The highest BCUT2D eigenvalue weighted by molar-refractivity contribution is 6.31. The van der Waals surface area contributed by atoms with E-state index in [4.69, 9.17) is 11.6 Å². The molecule has 1 aromatic carbocycles. The van der Waals surface area contributed by atoms with Crippen molar-refractivity contribution in [2.45, 2.75) is 19.4 Å². The number of halogens is 1. The van der Waals surface area contributed by atoms with Crippen LogP contribution in [0.15, 0.2) is 36.7 Å². The number of aromatic nitrogens is 1. The van der Waals surface area contributed by atoms with Gasteiger partial charge in [-0.15, -0.1) is 0 Å². The smallest absolute Gasteiger partial charge is 0.0603 e. The Labute approximate surface area is 142 Å². The summed E-state index contributed by atoms with van der Waals surface area (Å²) >= 11 is 6.19. The number of aryl methyl sites for hydroxylation is 1. The summed E-state index contributed by atoms with van der Waals surface area (Å²) in [5.74, 6) is 0.444. The number of aliphatic hydroxyl groups is 1. The molecule has 2 N–H and O–H groups in total. The average molecular weight is 334 g/mol. The summed E-state index contributed by atoms with van der Waals surface area (Å²) < 4.78 is 2.05. The predicted molar refractivity (Wildman–Crippen MR) is 96.2 cm³/mol. The van der Waals surface area contributed by atoms with E-state index in [-0.39, 0.29) is 0 Å². The first-order valence-electron chi connectivity index (χ1n) is 8.16. The van der Waals surface area contributed by atoms with Crippen molar-refractivity contribution < 1.29 is 5.11 Å². The lowest BCUT2D eigenvalue weighted by molar-refractivity contribution is 0.203. The highest BCUT2D eigenvalue weighted by Gasteiger charge is 2.20. The third-order valence-electron chi connectivity index (χ3n) is 4.55. The maximum absolute atomic E-state index is 9.30. The van der Waals surface area contributed by atoms with Gasteiger partial charge in [-0.3, -0.25) is 0 Å². The number of rotatable bonds is 5. The van der Waals surface area contributed by atoms with Crippen LogP contribution in [-0.4, -0.2) is 29.4 Å². The summed E-state index contributed by atoms with van der Waals surface area (Å²) in [6, 6.07) is 8.15. The molecule has 23 heavy (non-hydrogen) atoms. The molecule has 2 heterocycles. The van der Waals surface area contributed by atoms with Crippen molar-refractivity contribution in [1.82, 2.24) is 4.57 Å². The molecule has 1 fully saturated rings. The lowest BCUT2D eigenvalue weighted by atomic mass is 9.97. The summed E-state index contributed by atoms with van der Waals surface area (Å²) in [5, 5.41) is 13.6. The second-order valence-corrected chi connectivity index (χ2v) is 6.75. The van der Waals surface area contributed by atoms with Gasteiger partial charge in [0.2, 0.25) is 0 Å². The maximum atomic E-state index is 9.30. The summed E-state index contributed by atoms with van der Waals surface area (Å²) in [4.78, 5) is 2.38. The molecule has 0 amide bonds. The molecule has 0 unspecified atom stereocenters. The number of nitrogens with zero attached hydrogens (tertiary/aromatic N) is 2. The van der Waals surface area contributed by atoms with Crippen LogP contribution in [0.1, 0.15) is 18.4 Å². The normalized spacial score (nSPS) is 15.9. The zero-order valence-corrected chi connectivity index (χ0v) is 14.3. The third kappa shape index (κ3) is 4.01. The molecular weight excluding hydrogens is 310 g/mol. The van der Waals surface area contributed by atoms with Gasteiger partial charge in [0.05, 0.1) is 11.4 Å². The van der Waals surface area contributed by atoms with E-state index in [1.165, 1.54) is 11.3 Å². The number of piperidine rings is 1. The largest absolute Gasteiger partial charge is 0.396 e. The van der Waals surface area contributed by atoms with Crippen molar-refractivity contribution in [2.75, 3.05) is 29.9 Å². The van der Waals surface area contributed by atoms with E-state index >= 15 is 0 Å². The van der Waals surface area contributed by atoms with Gasteiger partial charge in [-0.05, 0) is 48.6 Å². The topological polar surface area (TPSA) is 40.4 Å². The molecule has 1 aromatic heterocycles. The molecule has 0 saturated carbocycles. The number of hydrogen-bond acceptors (Lipinski definition) is 3. The first kappa shape index (κ1) is 16.2. The molecule has 124 valence electrons. The fourth-order valence-electron chi connectivity index (χ4n) is 3.14. The molecule has 1 aliphatic heterocycles. The highest BCUT2D eigenvalue weighted by Crippen LogP contribution is 2.32. The van der Waals surface area contributed by atoms with Crippen molar-refractivity contribution in [2.24, 2.45) is 13.0 Å². The van der Waals surface area contributed by atoms with Gasteiger partial charge in [0, 0.05) is 50.7 Å². The van der Waals surface area contributed by atoms with Gasteiger partial charge >= 0.3 is 0 Å². The minimum Gasteiger partial charge on any atom is -0.396 e. The molecule has 1 aliphatic rings. The standard InChI is InChI=1S/C18H24ClN3O/c1-21-7-4-15(12-21)11-20-17-10-16(19)2-3-18(17)22-8-5-14(13-23)6-9-22/h2-4,7,10,12,14,20,23H,5-6,8-9,11,13H2,1H3. The molecule has 0 radical (unpaired) electrons. The van der Waals surface area contributed by atoms with Crippen LogP contribution in [0.2, 0.25) is 5.02 Å². The number of anilines is 2. The number of benzene rings is 1. The number of hydrogen-bond donors (Lipinski definition) is 2. The molecule has 0 spiro atoms. The Morgan fingerprint density at radius 3 is 2.70 bits per heavy atom. The van der Waals surface area contributed by atoms with E-state index < -0.39 is 0 Å². The Morgan fingerprint density at radius 2 is 2.04 bits per heavy atom. The van der Waals surface area contributed by atoms with E-state index in [0.717, 1.165) is 43.2 Å². The Kier molecular flexibility index (Phi) is 5.13. The number of nitrogens with one attached hydrogen (secondary N) is 1. The second kappa shape index (κ2) is 7.28. The molecule has 5 heteroatoms. The highest BCUT2D eigenvalue weighted by atomic mass is 35.5. The van der Waals surface area contributed by atoms with Crippen LogP contribution in [0, 0.1) is 5.92 Å². The van der Waals surface area contributed by atoms with Crippen LogP contribution in [0.3, 0.4) is 0 Å². The minimum atomic E-state index is 0.299. The van der Waals surface area contributed by atoms with Crippen LogP contribution in [0.25, 0.3) is 0 Å². The first-order valence-corrected chi connectivity index (χ1v) is 8.53. The van der Waals surface area contributed by atoms with Crippen molar-refractivity contribution in [3.05, 3.63) is 47.2 Å². The SMILES string of the molecule is Cn1ccc(CNc2cc(Cl)ccc2N2CCC(CO)CC2)c1. The fraction of sp³-hybridized carbons (Fsp3) is 0.444. The molecule has 2 aromatic rings. The molecule has 0 bridgehead atoms. The lowest BCUT2D eigenvalue weighted by Gasteiger charge is -2.34. The van der Waals surface area contributed by atoms with Gasteiger partial charge in [0.1, 0.15) is 0 Å². The lowest BCUT2D eigenvalue weighted by Crippen LogP contribution is -2.35. The van der Waals surface area contributed by atoms with Crippen molar-refractivity contribution in [3.8, 4) is 0 Å². The molecular formula is C18H24ClN3O. The van der Waals surface area contributed by atoms with Crippen LogP contribution in [0.4, 0.5) is 11.4 Å². The quantitative estimate of drug-likeness (QED) is 0.879. The molecule has 4 nitrogen and oxygen atoms in total. The van der Waals surface area contributed by atoms with E-state index in [0.29, 0.717) is 12.5 Å². The zero-order valence-electron chi connectivity index (χ0n) is 13.5. The van der Waals surface area contributed by atoms with E-state index in [2.05, 4.69) is 39.3 Å². The third-order valence-corrected chi connectivity index (χ3v) is 4.78. The van der Waals surface area contributed by atoms with Gasteiger partial charge in [0.15, 0.2) is 0 Å². The van der Waals surface area contributed by atoms with Crippen LogP contribution in [0.5, 0.6) is 0 Å².